The highest BCUT2D eigenvalue weighted by Crippen LogP contribution is 2.18. The first kappa shape index (κ1) is 19.9. The highest BCUT2D eigenvalue weighted by Gasteiger charge is 2.14. The summed E-state index contributed by atoms with van der Waals surface area (Å²) in [6, 6.07) is 11.6. The van der Waals surface area contributed by atoms with Gasteiger partial charge in [-0.05, 0) is 64.9 Å². The molecule has 0 spiro atoms. The predicted octanol–water partition coefficient (Wildman–Crippen LogP) is 3.95. The summed E-state index contributed by atoms with van der Waals surface area (Å²) in [6.45, 7) is 10.9. The van der Waals surface area contributed by atoms with Crippen LogP contribution in [0, 0.1) is 13.8 Å². The summed E-state index contributed by atoms with van der Waals surface area (Å²) in [7, 11) is 1.90. The Hall–Kier alpha value is -2.40. The molecule has 0 saturated heterocycles. The summed E-state index contributed by atoms with van der Waals surface area (Å²) < 4.78 is 5.80. The van der Waals surface area contributed by atoms with Crippen LogP contribution in [-0.2, 0) is 11.3 Å². The third-order valence-corrected chi connectivity index (χ3v) is 3.92. The first-order valence-electron chi connectivity index (χ1n) is 8.83. The molecule has 1 N–H and O–H groups in total. The van der Waals surface area contributed by atoms with Crippen LogP contribution in [0.15, 0.2) is 36.4 Å². The van der Waals surface area contributed by atoms with E-state index < -0.39 is 0 Å². The molecule has 0 atom stereocenters. The van der Waals surface area contributed by atoms with Crippen molar-refractivity contribution < 1.29 is 9.53 Å². The van der Waals surface area contributed by atoms with Crippen LogP contribution in [0.5, 0.6) is 5.88 Å². The van der Waals surface area contributed by atoms with Gasteiger partial charge < -0.3 is 10.1 Å². The fourth-order valence-corrected chi connectivity index (χ4v) is 2.57. The molecule has 0 radical (unpaired) electrons. The molecule has 5 nitrogen and oxygen atoms in total. The smallest absolute Gasteiger partial charge is 0.238 e. The second kappa shape index (κ2) is 8.32. The minimum Gasteiger partial charge on any atom is -0.472 e. The summed E-state index contributed by atoms with van der Waals surface area (Å²) in [4.78, 5) is 18.8. The quantitative estimate of drug-likeness (QED) is 0.852. The third kappa shape index (κ3) is 6.15. The van der Waals surface area contributed by atoms with Gasteiger partial charge in [0.2, 0.25) is 11.8 Å². The number of pyridine rings is 1. The number of likely N-dealkylation sites (N-methyl/N-ethyl adjacent to an activating group) is 1. The van der Waals surface area contributed by atoms with Crippen LogP contribution in [0.1, 0.15) is 37.6 Å². The van der Waals surface area contributed by atoms with Crippen LogP contribution < -0.4 is 10.1 Å². The van der Waals surface area contributed by atoms with Crippen molar-refractivity contribution in [3.05, 3.63) is 53.2 Å². The molecule has 1 heterocycles. The van der Waals surface area contributed by atoms with Crippen molar-refractivity contribution in [2.45, 2.75) is 46.8 Å². The first-order chi connectivity index (χ1) is 12.1. The Morgan fingerprint density at radius 2 is 1.85 bits per heavy atom. The van der Waals surface area contributed by atoms with Gasteiger partial charge in [0.25, 0.3) is 0 Å². The fourth-order valence-electron chi connectivity index (χ4n) is 2.57. The lowest BCUT2D eigenvalue weighted by atomic mass is 10.1. The van der Waals surface area contributed by atoms with E-state index in [9.17, 15) is 4.79 Å². The highest BCUT2D eigenvalue weighted by molar-refractivity contribution is 5.93. The summed E-state index contributed by atoms with van der Waals surface area (Å²) >= 11 is 0. The maximum atomic E-state index is 12.3. The molecule has 2 rings (SSSR count). The topological polar surface area (TPSA) is 54.5 Å². The fraction of sp³-hybridized carbons (Fsp3) is 0.429. The number of aryl methyl sites for hydroxylation is 1. The van der Waals surface area contributed by atoms with Crippen molar-refractivity contribution in [2.24, 2.45) is 0 Å². The lowest BCUT2D eigenvalue weighted by Crippen LogP contribution is -2.30. The van der Waals surface area contributed by atoms with Crippen molar-refractivity contribution in [3.63, 3.8) is 0 Å². The van der Waals surface area contributed by atoms with Gasteiger partial charge in [-0.1, -0.05) is 18.2 Å². The van der Waals surface area contributed by atoms with Crippen LogP contribution in [-0.4, -0.2) is 35.0 Å². The molecule has 5 heteroatoms. The molecule has 0 fully saturated rings. The third-order valence-electron chi connectivity index (χ3n) is 3.92. The Morgan fingerprint density at radius 3 is 2.54 bits per heavy atom. The van der Waals surface area contributed by atoms with E-state index >= 15 is 0 Å². The number of ether oxygens (including phenoxy) is 1. The molecule has 0 aliphatic rings. The molecule has 2 aromatic rings. The summed E-state index contributed by atoms with van der Waals surface area (Å²) in [5.41, 5.74) is 3.70. The Bertz CT molecular complexity index is 766. The minimum absolute atomic E-state index is 0.0386. The normalized spacial score (nSPS) is 11.5. The second-order valence-corrected chi connectivity index (χ2v) is 7.65. The van der Waals surface area contributed by atoms with E-state index in [0.29, 0.717) is 19.0 Å². The first-order valence-corrected chi connectivity index (χ1v) is 8.83. The number of carbonyl (C=O) groups excluding carboxylic acids is 1. The molecule has 0 unspecified atom stereocenters. The average Bonchev–Trinajstić information content (AvgIpc) is 2.50. The molecule has 0 saturated carbocycles. The molecule has 140 valence electrons. The lowest BCUT2D eigenvalue weighted by Gasteiger charge is -2.21. The van der Waals surface area contributed by atoms with Crippen LogP contribution in [0.3, 0.4) is 0 Å². The van der Waals surface area contributed by atoms with E-state index in [1.165, 1.54) is 0 Å². The van der Waals surface area contributed by atoms with Gasteiger partial charge in [0.05, 0.1) is 12.2 Å². The van der Waals surface area contributed by atoms with Gasteiger partial charge in [-0.25, -0.2) is 4.98 Å². The van der Waals surface area contributed by atoms with Crippen LogP contribution in [0.2, 0.25) is 0 Å². The van der Waals surface area contributed by atoms with Crippen molar-refractivity contribution in [3.8, 4) is 5.88 Å². The highest BCUT2D eigenvalue weighted by atomic mass is 16.5. The molecule has 1 aromatic heterocycles. The van der Waals surface area contributed by atoms with Crippen LogP contribution in [0.25, 0.3) is 0 Å². The Labute approximate surface area is 156 Å². The van der Waals surface area contributed by atoms with E-state index in [0.717, 1.165) is 22.5 Å². The summed E-state index contributed by atoms with van der Waals surface area (Å²) in [6.07, 6.45) is 0. The zero-order chi connectivity index (χ0) is 19.3. The largest absolute Gasteiger partial charge is 0.472 e. The molecule has 0 bridgehead atoms. The number of nitrogens with one attached hydrogen (secondary N) is 1. The predicted molar refractivity (Wildman–Crippen MR) is 105 cm³/mol. The zero-order valence-electron chi connectivity index (χ0n) is 16.6. The van der Waals surface area contributed by atoms with Crippen molar-refractivity contribution in [2.75, 3.05) is 18.9 Å². The number of rotatable bonds is 6. The molecule has 1 aromatic carbocycles. The van der Waals surface area contributed by atoms with Gasteiger partial charge in [0.1, 0.15) is 5.60 Å². The Morgan fingerprint density at radius 1 is 1.15 bits per heavy atom. The van der Waals surface area contributed by atoms with Gasteiger partial charge in [0, 0.05) is 18.3 Å². The Balaban J connectivity index is 1.94. The SMILES string of the molecule is Cc1cccc(NC(=O)CN(C)Cc2cccc(OC(C)(C)C)n2)c1C. The van der Waals surface area contributed by atoms with E-state index in [4.69, 9.17) is 4.74 Å². The van der Waals surface area contributed by atoms with Gasteiger partial charge in [-0.2, -0.15) is 0 Å². The van der Waals surface area contributed by atoms with E-state index in [2.05, 4.69) is 10.3 Å². The number of amides is 1. The number of carbonyl (C=O) groups is 1. The number of hydrogen-bond donors (Lipinski definition) is 1. The molecular formula is C21H29N3O2. The van der Waals surface area contributed by atoms with E-state index in [1.807, 2.05) is 83.0 Å². The van der Waals surface area contributed by atoms with Gasteiger partial charge >= 0.3 is 0 Å². The van der Waals surface area contributed by atoms with Gasteiger partial charge in [-0.15, -0.1) is 0 Å². The van der Waals surface area contributed by atoms with Gasteiger partial charge in [0.15, 0.2) is 0 Å². The molecule has 0 aliphatic carbocycles. The number of nitrogens with zero attached hydrogens (tertiary/aromatic N) is 2. The zero-order valence-corrected chi connectivity index (χ0v) is 16.6. The lowest BCUT2D eigenvalue weighted by molar-refractivity contribution is -0.117. The van der Waals surface area contributed by atoms with E-state index in [1.54, 1.807) is 0 Å². The second-order valence-electron chi connectivity index (χ2n) is 7.65. The van der Waals surface area contributed by atoms with Crippen molar-refractivity contribution in [1.82, 2.24) is 9.88 Å². The van der Waals surface area contributed by atoms with Crippen LogP contribution in [0.4, 0.5) is 5.69 Å². The number of anilines is 1. The van der Waals surface area contributed by atoms with Gasteiger partial charge in [-0.3, -0.25) is 9.69 Å². The van der Waals surface area contributed by atoms with Crippen LogP contribution >= 0.6 is 0 Å². The molecule has 1 amide bonds. The standard InChI is InChI=1S/C21H29N3O2/c1-15-9-7-11-18(16(15)2)23-19(25)14-24(6)13-17-10-8-12-20(22-17)26-21(3,4)5/h7-12H,13-14H2,1-6H3,(H,23,25). The minimum atomic E-state index is -0.289. The Kier molecular flexibility index (Phi) is 6.37. The van der Waals surface area contributed by atoms with Crippen molar-refractivity contribution >= 4 is 11.6 Å². The molecule has 0 aliphatic heterocycles. The monoisotopic (exact) mass is 355 g/mol. The molecular weight excluding hydrogens is 326 g/mol. The summed E-state index contributed by atoms with van der Waals surface area (Å²) in [5.74, 6) is 0.562. The number of hydrogen-bond acceptors (Lipinski definition) is 4. The van der Waals surface area contributed by atoms with Crippen molar-refractivity contribution in [1.29, 1.82) is 0 Å². The maximum absolute atomic E-state index is 12.3. The van der Waals surface area contributed by atoms with E-state index in [-0.39, 0.29) is 11.5 Å². The average molecular weight is 355 g/mol. The summed E-state index contributed by atoms with van der Waals surface area (Å²) in [5, 5.41) is 2.98. The maximum Gasteiger partial charge on any atom is 0.238 e. The number of benzene rings is 1. The number of aromatic nitrogens is 1. The molecule has 26 heavy (non-hydrogen) atoms.